The number of allylic oxidation sites excluding steroid dienone is 16. The van der Waals surface area contributed by atoms with E-state index in [1.807, 2.05) is 21.1 Å². The van der Waals surface area contributed by atoms with Crippen LogP contribution in [0.25, 0.3) is 0 Å². The van der Waals surface area contributed by atoms with Gasteiger partial charge >= 0.3 is 11.9 Å². The van der Waals surface area contributed by atoms with Gasteiger partial charge in [-0.25, -0.2) is 0 Å². The van der Waals surface area contributed by atoms with Gasteiger partial charge in [-0.05, 0) is 96.3 Å². The summed E-state index contributed by atoms with van der Waals surface area (Å²) in [5.41, 5.74) is 0. The summed E-state index contributed by atoms with van der Waals surface area (Å²) in [6.45, 7) is 4.61. The highest BCUT2D eigenvalue weighted by Crippen LogP contribution is 2.15. The van der Waals surface area contributed by atoms with Crippen molar-refractivity contribution in [1.29, 1.82) is 0 Å². The largest absolute Gasteiger partial charge is 0.545 e. The highest BCUT2D eigenvalue weighted by Gasteiger charge is 2.22. The molecule has 0 heterocycles. The second-order valence-electron chi connectivity index (χ2n) is 20.5. The third-order valence-electron chi connectivity index (χ3n) is 12.3. The molecule has 0 fully saturated rings. The first kappa shape index (κ1) is 69.2. The average Bonchev–Trinajstić information content (AvgIpc) is 3.36. The second kappa shape index (κ2) is 54.5. The number of ether oxygens (including phenoxy) is 4. The molecule has 0 amide bonds. The molecule has 0 N–H and O–H groups in total. The number of carbonyl (C=O) groups excluding carboxylic acids is 3. The Morgan fingerprint density at radius 3 is 1.16 bits per heavy atom. The molecule has 9 heteroatoms. The van der Waals surface area contributed by atoms with Crippen LogP contribution in [-0.2, 0) is 33.3 Å². The Balaban J connectivity index is 4.30. The lowest BCUT2D eigenvalue weighted by Gasteiger charge is -2.26. The third kappa shape index (κ3) is 55.8. The van der Waals surface area contributed by atoms with Crippen molar-refractivity contribution < 1.29 is 42.9 Å². The number of carboxylic acid groups (broad SMARTS) is 1. The molecule has 2 atom stereocenters. The van der Waals surface area contributed by atoms with Crippen molar-refractivity contribution in [2.24, 2.45) is 0 Å². The van der Waals surface area contributed by atoms with E-state index in [9.17, 15) is 19.5 Å². The zero-order chi connectivity index (χ0) is 53.4. The number of esters is 2. The van der Waals surface area contributed by atoms with E-state index in [1.54, 1.807) is 0 Å². The van der Waals surface area contributed by atoms with Crippen LogP contribution in [-0.4, -0.2) is 82.3 Å². The lowest BCUT2D eigenvalue weighted by atomic mass is 10.1. The van der Waals surface area contributed by atoms with Crippen molar-refractivity contribution >= 4 is 17.9 Å². The SMILES string of the molecule is CC/C=C\C/C=C\C/C=C\C/C=C\C/C=C\CCCCCCCCCCCC(=O)OC(COC(=O)CCCCCCCCCC/C=C\C/C=C\C/C=C\CCCCCCC)COC(OCC[N+](C)(C)C)C(=O)[O-]. The first-order valence-corrected chi connectivity index (χ1v) is 29.4. The summed E-state index contributed by atoms with van der Waals surface area (Å²) in [7, 11) is 5.91. The summed E-state index contributed by atoms with van der Waals surface area (Å²) < 4.78 is 22.7. The van der Waals surface area contributed by atoms with Crippen LogP contribution in [0.5, 0.6) is 0 Å². The number of carbonyl (C=O) groups is 3. The maximum absolute atomic E-state index is 12.9. The van der Waals surface area contributed by atoms with E-state index in [0.717, 1.165) is 103 Å². The minimum absolute atomic E-state index is 0.140. The molecule has 0 spiro atoms. The van der Waals surface area contributed by atoms with Crippen molar-refractivity contribution in [3.05, 3.63) is 97.2 Å². The molecule has 0 aliphatic carbocycles. The first-order chi connectivity index (χ1) is 35.6. The van der Waals surface area contributed by atoms with Gasteiger partial charge in [-0.2, -0.15) is 0 Å². The standard InChI is InChI=1S/C64H109NO8/c1-6-8-10-12-14-16-18-20-22-24-26-28-30-31-33-35-37-39-41-43-45-47-49-51-53-55-62(67)73-60(59-72-64(63(68)69)70-57-56-65(3,4)5)58-71-61(66)54-52-50-48-46-44-42-40-38-36-34-32-29-27-25-23-21-19-17-15-13-11-9-7-2/h8,10,14,16,19-22,25-28,31-34,60,64H,6-7,9,11-13,15,17-18,23-24,29-30,35-59H2,1-5H3/b10-8-,16-14-,21-19-,22-20-,27-25-,28-26-,33-31-,34-32-. The summed E-state index contributed by atoms with van der Waals surface area (Å²) in [5.74, 6) is -2.31. The molecule has 73 heavy (non-hydrogen) atoms. The van der Waals surface area contributed by atoms with Crippen LogP contribution in [0.15, 0.2) is 97.2 Å². The molecule has 418 valence electrons. The molecular formula is C64H109NO8. The summed E-state index contributed by atoms with van der Waals surface area (Å²) >= 11 is 0. The Morgan fingerprint density at radius 1 is 0.425 bits per heavy atom. The Hall–Kier alpha value is -3.79. The van der Waals surface area contributed by atoms with Gasteiger partial charge < -0.3 is 33.3 Å². The average molecular weight is 1020 g/mol. The van der Waals surface area contributed by atoms with Gasteiger partial charge in [0.1, 0.15) is 13.2 Å². The summed E-state index contributed by atoms with van der Waals surface area (Å²) in [6.07, 6.45) is 70.1. The molecule has 0 aromatic carbocycles. The number of quaternary nitrogens is 1. The van der Waals surface area contributed by atoms with E-state index in [1.165, 1.54) is 96.3 Å². The number of aliphatic carboxylic acids is 1. The topological polar surface area (TPSA) is 111 Å². The van der Waals surface area contributed by atoms with Gasteiger partial charge in [0.05, 0.1) is 40.3 Å². The van der Waals surface area contributed by atoms with Crippen LogP contribution in [0.3, 0.4) is 0 Å². The molecule has 0 aliphatic heterocycles. The van der Waals surface area contributed by atoms with Crippen LogP contribution < -0.4 is 5.11 Å². The van der Waals surface area contributed by atoms with Gasteiger partial charge in [0, 0.05) is 12.8 Å². The van der Waals surface area contributed by atoms with Gasteiger partial charge in [-0.15, -0.1) is 0 Å². The molecule has 0 aromatic rings. The number of carboxylic acids is 1. The summed E-state index contributed by atoms with van der Waals surface area (Å²) in [4.78, 5) is 37.3. The first-order valence-electron chi connectivity index (χ1n) is 29.4. The lowest BCUT2D eigenvalue weighted by Crippen LogP contribution is -2.44. The summed E-state index contributed by atoms with van der Waals surface area (Å²) in [6, 6.07) is 0. The Labute approximate surface area is 448 Å². The summed E-state index contributed by atoms with van der Waals surface area (Å²) in [5, 5.41) is 11.8. The van der Waals surface area contributed by atoms with Crippen LogP contribution >= 0.6 is 0 Å². The monoisotopic (exact) mass is 1020 g/mol. The number of rotatable bonds is 53. The molecule has 0 aliphatic rings. The van der Waals surface area contributed by atoms with Crippen molar-refractivity contribution in [3.63, 3.8) is 0 Å². The van der Waals surface area contributed by atoms with Gasteiger partial charge in [0.15, 0.2) is 12.4 Å². The van der Waals surface area contributed by atoms with Gasteiger partial charge in [0.2, 0.25) is 0 Å². The maximum atomic E-state index is 12.9. The molecule has 9 nitrogen and oxygen atoms in total. The molecule has 0 radical (unpaired) electrons. The smallest absolute Gasteiger partial charge is 0.306 e. The predicted molar refractivity (Wildman–Crippen MR) is 306 cm³/mol. The molecular weight excluding hydrogens is 911 g/mol. The van der Waals surface area contributed by atoms with Crippen molar-refractivity contribution in [1.82, 2.24) is 0 Å². The Kier molecular flexibility index (Phi) is 51.6. The molecule has 2 unspecified atom stereocenters. The zero-order valence-electron chi connectivity index (χ0n) is 47.5. The van der Waals surface area contributed by atoms with E-state index in [2.05, 4.69) is 111 Å². The normalized spacial score (nSPS) is 13.5. The highest BCUT2D eigenvalue weighted by atomic mass is 16.7. The van der Waals surface area contributed by atoms with Crippen molar-refractivity contribution in [2.45, 2.75) is 245 Å². The lowest BCUT2D eigenvalue weighted by molar-refractivity contribution is -0.870. The number of hydrogen-bond donors (Lipinski definition) is 0. The van der Waals surface area contributed by atoms with Crippen molar-refractivity contribution in [3.8, 4) is 0 Å². The number of nitrogens with zero attached hydrogens (tertiary/aromatic N) is 1. The van der Waals surface area contributed by atoms with E-state index < -0.39 is 24.3 Å². The van der Waals surface area contributed by atoms with Crippen LogP contribution in [0.1, 0.15) is 232 Å². The van der Waals surface area contributed by atoms with E-state index in [4.69, 9.17) is 18.9 Å². The molecule has 0 saturated carbocycles. The van der Waals surface area contributed by atoms with Crippen LogP contribution in [0.2, 0.25) is 0 Å². The fraction of sp³-hybridized carbons (Fsp3) is 0.703. The maximum Gasteiger partial charge on any atom is 0.306 e. The third-order valence-corrected chi connectivity index (χ3v) is 12.3. The predicted octanol–water partition coefficient (Wildman–Crippen LogP) is 16.0. The van der Waals surface area contributed by atoms with Gasteiger partial charge in [-0.1, -0.05) is 220 Å². The van der Waals surface area contributed by atoms with E-state index in [-0.39, 0.29) is 38.6 Å². The van der Waals surface area contributed by atoms with Crippen molar-refractivity contribution in [2.75, 3.05) is 47.5 Å². The second-order valence-corrected chi connectivity index (χ2v) is 20.5. The number of likely N-dealkylation sites (N-methyl/N-ethyl adjacent to an activating group) is 1. The minimum atomic E-state index is -1.63. The molecule has 0 aromatic heterocycles. The number of unbranched alkanes of at least 4 members (excludes halogenated alkanes) is 22. The fourth-order valence-electron chi connectivity index (χ4n) is 7.80. The Morgan fingerprint density at radius 2 is 0.781 bits per heavy atom. The molecule has 0 bridgehead atoms. The number of hydrogen-bond acceptors (Lipinski definition) is 8. The fourth-order valence-corrected chi connectivity index (χ4v) is 7.80. The van der Waals surface area contributed by atoms with Crippen LogP contribution in [0, 0.1) is 0 Å². The highest BCUT2D eigenvalue weighted by molar-refractivity contribution is 5.70. The van der Waals surface area contributed by atoms with Gasteiger partial charge in [-0.3, -0.25) is 9.59 Å². The van der Waals surface area contributed by atoms with E-state index in [0.29, 0.717) is 17.4 Å². The Bertz CT molecular complexity index is 1520. The minimum Gasteiger partial charge on any atom is -0.545 e. The molecule has 0 saturated heterocycles. The quantitative estimate of drug-likeness (QED) is 0.0195. The van der Waals surface area contributed by atoms with E-state index >= 15 is 0 Å². The zero-order valence-corrected chi connectivity index (χ0v) is 47.5. The van der Waals surface area contributed by atoms with Gasteiger partial charge in [0.25, 0.3) is 0 Å². The molecule has 0 rings (SSSR count). The van der Waals surface area contributed by atoms with Crippen LogP contribution in [0.4, 0.5) is 0 Å².